The molecule has 0 atom stereocenters. The van der Waals surface area contributed by atoms with Crippen LogP contribution in [0.25, 0.3) is 0 Å². The van der Waals surface area contributed by atoms with Crippen molar-refractivity contribution in [3.05, 3.63) is 29.8 Å². The van der Waals surface area contributed by atoms with Crippen LogP contribution in [0.5, 0.6) is 5.75 Å². The van der Waals surface area contributed by atoms with Crippen LogP contribution in [-0.4, -0.2) is 37.0 Å². The summed E-state index contributed by atoms with van der Waals surface area (Å²) in [6.45, 7) is 0.665. The maximum atomic E-state index is 12.4. The molecule has 0 aromatic heterocycles. The first-order valence-electron chi connectivity index (χ1n) is 7.23. The Labute approximate surface area is 133 Å². The van der Waals surface area contributed by atoms with Gasteiger partial charge in [0, 0.05) is 13.6 Å². The van der Waals surface area contributed by atoms with Gasteiger partial charge in [-0.15, -0.1) is 12.4 Å². The summed E-state index contributed by atoms with van der Waals surface area (Å²) in [5.41, 5.74) is 6.70. The van der Waals surface area contributed by atoms with Gasteiger partial charge in [-0.25, -0.2) is 0 Å². The van der Waals surface area contributed by atoms with E-state index in [1.165, 1.54) is 0 Å². The van der Waals surface area contributed by atoms with Gasteiger partial charge in [0.25, 0.3) is 0 Å². The molecule has 4 nitrogen and oxygen atoms in total. The highest BCUT2D eigenvalue weighted by atomic mass is 35.5. The molecule has 1 amide bonds. The van der Waals surface area contributed by atoms with E-state index in [-0.39, 0.29) is 18.3 Å². The maximum Gasteiger partial charge on any atom is 0.242 e. The van der Waals surface area contributed by atoms with Crippen molar-refractivity contribution in [3.63, 3.8) is 0 Å². The Hall–Kier alpha value is -1.26. The zero-order chi connectivity index (χ0) is 14.6. The largest absolute Gasteiger partial charge is 0.496 e. The van der Waals surface area contributed by atoms with E-state index in [0.717, 1.165) is 43.4 Å². The lowest BCUT2D eigenvalue weighted by Crippen LogP contribution is -2.52. The van der Waals surface area contributed by atoms with Gasteiger partial charge in [0.1, 0.15) is 5.75 Å². The van der Waals surface area contributed by atoms with E-state index in [1.54, 1.807) is 12.0 Å². The second-order valence-corrected chi connectivity index (χ2v) is 5.65. The molecule has 0 saturated heterocycles. The van der Waals surface area contributed by atoms with Gasteiger partial charge in [-0.3, -0.25) is 4.79 Å². The molecule has 1 saturated carbocycles. The molecule has 21 heavy (non-hydrogen) atoms. The highest BCUT2D eigenvalue weighted by Gasteiger charge is 2.38. The fourth-order valence-electron chi connectivity index (χ4n) is 2.90. The summed E-state index contributed by atoms with van der Waals surface area (Å²) in [6.07, 6.45) is 4.52. The molecular formula is C16H25ClN2O2. The lowest BCUT2D eigenvalue weighted by Gasteiger charge is -2.28. The highest BCUT2D eigenvalue weighted by Crippen LogP contribution is 2.29. The van der Waals surface area contributed by atoms with E-state index in [1.807, 2.05) is 31.3 Å². The van der Waals surface area contributed by atoms with Gasteiger partial charge in [-0.05, 0) is 30.9 Å². The Morgan fingerprint density at radius 3 is 2.57 bits per heavy atom. The van der Waals surface area contributed by atoms with Gasteiger partial charge in [0.15, 0.2) is 0 Å². The molecule has 2 N–H and O–H groups in total. The second kappa shape index (κ2) is 7.66. The molecule has 1 aliphatic rings. The number of amides is 1. The summed E-state index contributed by atoms with van der Waals surface area (Å²) >= 11 is 0. The van der Waals surface area contributed by atoms with Crippen molar-refractivity contribution in [1.29, 1.82) is 0 Å². The molecule has 0 unspecified atom stereocenters. The minimum atomic E-state index is -0.629. The SMILES string of the molecule is COc1ccccc1CCN(C)C(=O)C1(N)CCCC1.Cl. The molecule has 1 fully saturated rings. The van der Waals surface area contributed by atoms with Crippen LogP contribution in [0.3, 0.4) is 0 Å². The van der Waals surface area contributed by atoms with Gasteiger partial charge in [0.05, 0.1) is 12.6 Å². The van der Waals surface area contributed by atoms with Gasteiger partial charge in [-0.1, -0.05) is 31.0 Å². The Balaban J connectivity index is 0.00000220. The summed E-state index contributed by atoms with van der Waals surface area (Å²) < 4.78 is 5.33. The molecular weight excluding hydrogens is 288 g/mol. The number of carbonyl (C=O) groups is 1. The lowest BCUT2D eigenvalue weighted by molar-refractivity contribution is -0.135. The number of carbonyl (C=O) groups excluding carboxylic acids is 1. The Morgan fingerprint density at radius 2 is 1.95 bits per heavy atom. The lowest BCUT2D eigenvalue weighted by atomic mass is 9.97. The quantitative estimate of drug-likeness (QED) is 0.908. The normalized spacial score (nSPS) is 16.1. The predicted octanol–water partition coefficient (Wildman–Crippen LogP) is 2.39. The molecule has 1 aromatic rings. The van der Waals surface area contributed by atoms with Crippen LogP contribution in [0.15, 0.2) is 24.3 Å². The molecule has 0 bridgehead atoms. The summed E-state index contributed by atoms with van der Waals surface area (Å²) in [5, 5.41) is 0. The maximum absolute atomic E-state index is 12.4. The van der Waals surface area contributed by atoms with E-state index < -0.39 is 5.54 Å². The van der Waals surface area contributed by atoms with Crippen LogP contribution in [-0.2, 0) is 11.2 Å². The third-order valence-corrected chi connectivity index (χ3v) is 4.18. The summed E-state index contributed by atoms with van der Waals surface area (Å²) in [6, 6.07) is 7.91. The third-order valence-electron chi connectivity index (χ3n) is 4.18. The van der Waals surface area contributed by atoms with Crippen molar-refractivity contribution in [3.8, 4) is 5.75 Å². The van der Waals surface area contributed by atoms with Crippen molar-refractivity contribution in [2.24, 2.45) is 5.73 Å². The van der Waals surface area contributed by atoms with Crippen LogP contribution in [0.2, 0.25) is 0 Å². The van der Waals surface area contributed by atoms with Crippen LogP contribution < -0.4 is 10.5 Å². The number of hydrogen-bond donors (Lipinski definition) is 1. The number of likely N-dealkylation sites (N-methyl/N-ethyl adjacent to an activating group) is 1. The average Bonchev–Trinajstić information content (AvgIpc) is 2.92. The Bertz CT molecular complexity index is 473. The third kappa shape index (κ3) is 4.11. The number of nitrogens with zero attached hydrogens (tertiary/aromatic N) is 1. The highest BCUT2D eigenvalue weighted by molar-refractivity contribution is 5.86. The van der Waals surface area contributed by atoms with E-state index in [0.29, 0.717) is 6.54 Å². The van der Waals surface area contributed by atoms with Gasteiger partial charge in [0.2, 0.25) is 5.91 Å². The number of para-hydroxylation sites is 1. The zero-order valence-electron chi connectivity index (χ0n) is 12.8. The van der Waals surface area contributed by atoms with Gasteiger partial charge >= 0.3 is 0 Å². The molecule has 1 aliphatic carbocycles. The molecule has 5 heteroatoms. The topological polar surface area (TPSA) is 55.6 Å². The predicted molar refractivity (Wildman–Crippen MR) is 87.0 cm³/mol. The molecule has 1 aromatic carbocycles. The van der Waals surface area contributed by atoms with Crippen molar-refractivity contribution < 1.29 is 9.53 Å². The smallest absolute Gasteiger partial charge is 0.242 e. The summed E-state index contributed by atoms with van der Waals surface area (Å²) in [5.74, 6) is 0.946. The second-order valence-electron chi connectivity index (χ2n) is 5.65. The molecule has 0 radical (unpaired) electrons. The van der Waals surface area contributed by atoms with Crippen molar-refractivity contribution >= 4 is 18.3 Å². The van der Waals surface area contributed by atoms with Crippen LogP contribution in [0.1, 0.15) is 31.2 Å². The average molecular weight is 313 g/mol. The number of benzene rings is 1. The standard InChI is InChI=1S/C16H24N2O2.ClH/c1-18(15(19)16(17)10-5-6-11-16)12-9-13-7-3-4-8-14(13)20-2;/h3-4,7-8H,5-6,9-12,17H2,1-2H3;1H. The molecule has 2 rings (SSSR count). The fourth-order valence-corrected chi connectivity index (χ4v) is 2.90. The van der Waals surface area contributed by atoms with Gasteiger partial charge < -0.3 is 15.4 Å². The Kier molecular flexibility index (Phi) is 6.49. The van der Waals surface area contributed by atoms with Crippen LogP contribution in [0.4, 0.5) is 0 Å². The van der Waals surface area contributed by atoms with Crippen molar-refractivity contribution in [2.75, 3.05) is 20.7 Å². The van der Waals surface area contributed by atoms with Crippen LogP contribution >= 0.6 is 12.4 Å². The van der Waals surface area contributed by atoms with Gasteiger partial charge in [-0.2, -0.15) is 0 Å². The first kappa shape index (κ1) is 17.8. The summed E-state index contributed by atoms with van der Waals surface area (Å²) in [4.78, 5) is 14.2. The minimum absolute atomic E-state index is 0. The monoisotopic (exact) mass is 312 g/mol. The summed E-state index contributed by atoms with van der Waals surface area (Å²) in [7, 11) is 3.51. The zero-order valence-corrected chi connectivity index (χ0v) is 13.6. The van der Waals surface area contributed by atoms with E-state index >= 15 is 0 Å². The molecule has 0 spiro atoms. The van der Waals surface area contributed by atoms with Crippen molar-refractivity contribution in [2.45, 2.75) is 37.6 Å². The van der Waals surface area contributed by atoms with Crippen molar-refractivity contribution in [1.82, 2.24) is 4.90 Å². The fraction of sp³-hybridized carbons (Fsp3) is 0.562. The number of halogens is 1. The number of hydrogen-bond acceptors (Lipinski definition) is 3. The van der Waals surface area contributed by atoms with Crippen LogP contribution in [0, 0.1) is 0 Å². The molecule has 0 aliphatic heterocycles. The molecule has 118 valence electrons. The molecule has 0 heterocycles. The first-order chi connectivity index (χ1) is 9.57. The number of ether oxygens (including phenoxy) is 1. The van der Waals surface area contributed by atoms with E-state index in [2.05, 4.69) is 0 Å². The van der Waals surface area contributed by atoms with E-state index in [4.69, 9.17) is 10.5 Å². The number of nitrogens with two attached hydrogens (primary N) is 1. The van der Waals surface area contributed by atoms with E-state index in [9.17, 15) is 4.79 Å². The number of methoxy groups -OCH3 is 1. The Morgan fingerprint density at radius 1 is 1.33 bits per heavy atom. The number of rotatable bonds is 5. The minimum Gasteiger partial charge on any atom is -0.496 e. The first-order valence-corrected chi connectivity index (χ1v) is 7.23.